The Morgan fingerprint density at radius 1 is 1.33 bits per heavy atom. The lowest BCUT2D eigenvalue weighted by atomic mass is 10.0. The van der Waals surface area contributed by atoms with E-state index >= 15 is 0 Å². The first kappa shape index (κ1) is 10.5. The summed E-state index contributed by atoms with van der Waals surface area (Å²) in [5.41, 5.74) is 5.25. The summed E-state index contributed by atoms with van der Waals surface area (Å²) in [6.07, 6.45) is 5.02. The van der Waals surface area contributed by atoms with Crippen LogP contribution in [0.4, 0.5) is 0 Å². The van der Waals surface area contributed by atoms with E-state index in [1.165, 1.54) is 12.8 Å². The number of primary amides is 1. The lowest BCUT2D eigenvalue weighted by Gasteiger charge is -2.22. The Hall–Kier alpha value is -1.06. The zero-order valence-corrected chi connectivity index (χ0v) is 8.95. The highest BCUT2D eigenvalue weighted by Crippen LogP contribution is 2.31. The van der Waals surface area contributed by atoms with Crippen molar-refractivity contribution in [2.75, 3.05) is 13.1 Å². The molecular formula is C11H18N2O2. The number of carbonyl (C=O) groups is 2. The van der Waals surface area contributed by atoms with Gasteiger partial charge in [-0.3, -0.25) is 9.59 Å². The second-order valence-electron chi connectivity index (χ2n) is 4.68. The molecule has 1 saturated heterocycles. The highest BCUT2D eigenvalue weighted by molar-refractivity contribution is 5.99. The highest BCUT2D eigenvalue weighted by atomic mass is 16.2. The van der Waals surface area contributed by atoms with Crippen LogP contribution in [-0.2, 0) is 9.59 Å². The largest absolute Gasteiger partial charge is 0.369 e. The standard InChI is InChI=1S/C11H18N2O2/c12-10(14)9-3-1-2-6-13(11(9)15)7-8-4-5-8/h8-9H,1-7H2,(H2,12,14). The van der Waals surface area contributed by atoms with Gasteiger partial charge < -0.3 is 10.6 Å². The molecule has 4 heteroatoms. The molecule has 1 saturated carbocycles. The number of rotatable bonds is 3. The molecule has 0 aromatic carbocycles. The third-order valence-corrected chi connectivity index (χ3v) is 3.30. The first-order valence-corrected chi connectivity index (χ1v) is 5.76. The molecule has 1 aliphatic carbocycles. The predicted molar refractivity (Wildman–Crippen MR) is 55.8 cm³/mol. The van der Waals surface area contributed by atoms with Gasteiger partial charge in [-0.15, -0.1) is 0 Å². The van der Waals surface area contributed by atoms with E-state index in [0.29, 0.717) is 12.3 Å². The molecule has 0 aromatic heterocycles. The van der Waals surface area contributed by atoms with E-state index < -0.39 is 11.8 Å². The minimum absolute atomic E-state index is 0.0353. The summed E-state index contributed by atoms with van der Waals surface area (Å²) in [4.78, 5) is 25.0. The molecule has 1 aliphatic heterocycles. The van der Waals surface area contributed by atoms with E-state index in [0.717, 1.165) is 25.9 Å². The number of hydrogen-bond donors (Lipinski definition) is 1. The molecule has 4 nitrogen and oxygen atoms in total. The average molecular weight is 210 g/mol. The third-order valence-electron chi connectivity index (χ3n) is 3.30. The van der Waals surface area contributed by atoms with Crippen molar-refractivity contribution < 1.29 is 9.59 Å². The molecule has 1 atom stereocenters. The van der Waals surface area contributed by atoms with E-state index in [1.54, 1.807) is 0 Å². The van der Waals surface area contributed by atoms with Crippen molar-refractivity contribution in [2.24, 2.45) is 17.6 Å². The summed E-state index contributed by atoms with van der Waals surface area (Å²) in [6, 6.07) is 0. The molecular weight excluding hydrogens is 192 g/mol. The molecule has 15 heavy (non-hydrogen) atoms. The van der Waals surface area contributed by atoms with Gasteiger partial charge in [-0.25, -0.2) is 0 Å². The Kier molecular flexibility index (Phi) is 2.93. The number of hydrogen-bond acceptors (Lipinski definition) is 2. The van der Waals surface area contributed by atoms with Gasteiger partial charge in [0.15, 0.2) is 0 Å². The fraction of sp³-hybridized carbons (Fsp3) is 0.818. The quantitative estimate of drug-likeness (QED) is 0.690. The Balaban J connectivity index is 2.01. The van der Waals surface area contributed by atoms with Crippen molar-refractivity contribution in [1.82, 2.24) is 4.90 Å². The third kappa shape index (κ3) is 2.49. The molecule has 0 aromatic rings. The van der Waals surface area contributed by atoms with E-state index in [9.17, 15) is 9.59 Å². The Morgan fingerprint density at radius 2 is 2.07 bits per heavy atom. The molecule has 0 bridgehead atoms. The predicted octanol–water partition coefficient (Wildman–Crippen LogP) is 0.510. The van der Waals surface area contributed by atoms with Gasteiger partial charge in [-0.05, 0) is 31.6 Å². The lowest BCUT2D eigenvalue weighted by Crippen LogP contribution is -2.41. The molecule has 2 aliphatic rings. The molecule has 0 radical (unpaired) electrons. The van der Waals surface area contributed by atoms with Crippen LogP contribution in [0.25, 0.3) is 0 Å². The van der Waals surface area contributed by atoms with Gasteiger partial charge >= 0.3 is 0 Å². The number of nitrogens with zero attached hydrogens (tertiary/aromatic N) is 1. The van der Waals surface area contributed by atoms with E-state index in [2.05, 4.69) is 0 Å². The van der Waals surface area contributed by atoms with Crippen molar-refractivity contribution in [3.63, 3.8) is 0 Å². The smallest absolute Gasteiger partial charge is 0.235 e. The molecule has 2 rings (SSSR count). The van der Waals surface area contributed by atoms with Crippen molar-refractivity contribution in [1.29, 1.82) is 0 Å². The summed E-state index contributed by atoms with van der Waals surface area (Å²) in [6.45, 7) is 1.64. The minimum Gasteiger partial charge on any atom is -0.369 e. The maximum atomic E-state index is 12.0. The van der Waals surface area contributed by atoms with Crippen molar-refractivity contribution in [3.05, 3.63) is 0 Å². The van der Waals surface area contributed by atoms with E-state index in [1.807, 2.05) is 4.90 Å². The van der Waals surface area contributed by atoms with Crippen LogP contribution in [0, 0.1) is 11.8 Å². The monoisotopic (exact) mass is 210 g/mol. The van der Waals surface area contributed by atoms with Gasteiger partial charge in [0.25, 0.3) is 0 Å². The van der Waals surface area contributed by atoms with Crippen LogP contribution in [0.1, 0.15) is 32.1 Å². The molecule has 84 valence electrons. The zero-order valence-electron chi connectivity index (χ0n) is 8.95. The normalized spacial score (nSPS) is 27.6. The first-order chi connectivity index (χ1) is 7.18. The average Bonchev–Trinajstić information content (AvgIpc) is 2.98. The SMILES string of the molecule is NC(=O)C1CCCCN(CC2CC2)C1=O. The van der Waals surface area contributed by atoms with Gasteiger partial charge in [0.2, 0.25) is 11.8 Å². The Morgan fingerprint density at radius 3 is 2.67 bits per heavy atom. The number of nitrogens with two attached hydrogens (primary N) is 1. The maximum absolute atomic E-state index is 12.0. The topological polar surface area (TPSA) is 63.4 Å². The second-order valence-corrected chi connectivity index (χ2v) is 4.68. The highest BCUT2D eigenvalue weighted by Gasteiger charge is 2.34. The van der Waals surface area contributed by atoms with Crippen LogP contribution in [0.3, 0.4) is 0 Å². The zero-order chi connectivity index (χ0) is 10.8. The van der Waals surface area contributed by atoms with Crippen molar-refractivity contribution in [2.45, 2.75) is 32.1 Å². The van der Waals surface area contributed by atoms with Crippen LogP contribution in [0.15, 0.2) is 0 Å². The van der Waals surface area contributed by atoms with Crippen LogP contribution in [0.5, 0.6) is 0 Å². The van der Waals surface area contributed by atoms with E-state index in [4.69, 9.17) is 5.73 Å². The molecule has 0 spiro atoms. The summed E-state index contributed by atoms with van der Waals surface area (Å²) >= 11 is 0. The Labute approximate surface area is 89.8 Å². The minimum atomic E-state index is -0.564. The summed E-state index contributed by atoms with van der Waals surface area (Å²) < 4.78 is 0. The first-order valence-electron chi connectivity index (χ1n) is 5.76. The van der Waals surface area contributed by atoms with Crippen LogP contribution < -0.4 is 5.73 Å². The summed E-state index contributed by atoms with van der Waals surface area (Å²) in [5.74, 6) is -0.374. The van der Waals surface area contributed by atoms with Crippen molar-refractivity contribution in [3.8, 4) is 0 Å². The van der Waals surface area contributed by atoms with Gasteiger partial charge in [0.05, 0.1) is 0 Å². The van der Waals surface area contributed by atoms with Crippen molar-refractivity contribution >= 4 is 11.8 Å². The lowest BCUT2D eigenvalue weighted by molar-refractivity contribution is -0.140. The Bertz CT molecular complexity index is 274. The van der Waals surface area contributed by atoms with Gasteiger partial charge in [-0.1, -0.05) is 6.42 Å². The number of likely N-dealkylation sites (tertiary alicyclic amines) is 1. The number of carbonyl (C=O) groups excluding carboxylic acids is 2. The maximum Gasteiger partial charge on any atom is 0.235 e. The fourth-order valence-electron chi connectivity index (χ4n) is 2.16. The van der Waals surface area contributed by atoms with E-state index in [-0.39, 0.29) is 5.91 Å². The van der Waals surface area contributed by atoms with Gasteiger partial charge in [0.1, 0.15) is 5.92 Å². The van der Waals surface area contributed by atoms with Gasteiger partial charge in [-0.2, -0.15) is 0 Å². The molecule has 2 fully saturated rings. The van der Waals surface area contributed by atoms with Crippen LogP contribution >= 0.6 is 0 Å². The fourth-order valence-corrected chi connectivity index (χ4v) is 2.16. The molecule has 1 heterocycles. The van der Waals surface area contributed by atoms with Crippen LogP contribution in [0.2, 0.25) is 0 Å². The molecule has 2 N–H and O–H groups in total. The summed E-state index contributed by atoms with van der Waals surface area (Å²) in [7, 11) is 0. The number of amides is 2. The molecule has 2 amide bonds. The van der Waals surface area contributed by atoms with Crippen LogP contribution in [-0.4, -0.2) is 29.8 Å². The second kappa shape index (κ2) is 4.21. The summed E-state index contributed by atoms with van der Waals surface area (Å²) in [5, 5.41) is 0. The van der Waals surface area contributed by atoms with Gasteiger partial charge in [0, 0.05) is 13.1 Å². The molecule has 1 unspecified atom stereocenters.